The number of hydrogen-bond acceptors (Lipinski definition) is 7. The topological polar surface area (TPSA) is 171 Å². The van der Waals surface area contributed by atoms with Gasteiger partial charge in [-0.15, -0.1) is 0 Å². The molecule has 0 radical (unpaired) electrons. The molecule has 0 saturated carbocycles. The van der Waals surface area contributed by atoms with Crippen LogP contribution in [0.4, 0.5) is 0 Å². The van der Waals surface area contributed by atoms with Crippen molar-refractivity contribution < 1.29 is 33.8 Å². The lowest BCUT2D eigenvalue weighted by atomic mass is 10.1. The van der Waals surface area contributed by atoms with Crippen molar-refractivity contribution in [2.45, 2.75) is 24.5 Å². The van der Waals surface area contributed by atoms with Crippen LogP contribution in [0.2, 0.25) is 0 Å². The van der Waals surface area contributed by atoms with E-state index in [0.29, 0.717) is 0 Å². The Hall–Kier alpha value is -1.33. The van der Waals surface area contributed by atoms with Crippen LogP contribution in [0.1, 0.15) is 6.23 Å². The number of nitrogens with zero attached hydrogens (tertiary/aromatic N) is 1. The van der Waals surface area contributed by atoms with Crippen LogP contribution in [0.15, 0.2) is 21.9 Å². The Morgan fingerprint density at radius 2 is 2.00 bits per heavy atom. The van der Waals surface area contributed by atoms with Gasteiger partial charge in [0.05, 0.1) is 6.61 Å². The average molecular weight is 324 g/mol. The zero-order chi connectivity index (χ0) is 15.8. The first-order valence-electron chi connectivity index (χ1n) is 5.72. The molecule has 118 valence electrons. The van der Waals surface area contributed by atoms with Gasteiger partial charge in [0.25, 0.3) is 5.56 Å². The summed E-state index contributed by atoms with van der Waals surface area (Å²) in [7, 11) is -4.76. The highest BCUT2D eigenvalue weighted by molar-refractivity contribution is 7.46. The second-order valence-corrected chi connectivity index (χ2v) is 5.59. The second kappa shape index (κ2) is 5.81. The molecule has 2 heterocycles. The molecule has 12 heteroatoms. The van der Waals surface area contributed by atoms with Gasteiger partial charge in [0.1, 0.15) is 18.3 Å². The number of H-pyrrole nitrogens is 1. The largest absolute Gasteiger partial charge is 0.469 e. The van der Waals surface area contributed by atoms with Crippen molar-refractivity contribution in [2.75, 3.05) is 6.61 Å². The summed E-state index contributed by atoms with van der Waals surface area (Å²) >= 11 is 0. The minimum absolute atomic E-state index is 0.648. The van der Waals surface area contributed by atoms with Crippen molar-refractivity contribution in [3.05, 3.63) is 33.1 Å². The molecule has 0 bridgehead atoms. The summed E-state index contributed by atoms with van der Waals surface area (Å²) in [5.74, 6) is 0. The van der Waals surface area contributed by atoms with E-state index in [2.05, 4.69) is 4.52 Å². The molecular weight excluding hydrogens is 311 g/mol. The molecule has 21 heavy (non-hydrogen) atoms. The summed E-state index contributed by atoms with van der Waals surface area (Å²) in [6, 6.07) is 1.02. The van der Waals surface area contributed by atoms with Gasteiger partial charge in [0.15, 0.2) is 6.23 Å². The van der Waals surface area contributed by atoms with Gasteiger partial charge in [-0.2, -0.15) is 0 Å². The fraction of sp³-hybridized carbons (Fsp3) is 0.556. The van der Waals surface area contributed by atoms with Crippen molar-refractivity contribution in [3.8, 4) is 0 Å². The number of aliphatic hydroxyl groups excluding tert-OH is 2. The Morgan fingerprint density at radius 1 is 1.33 bits per heavy atom. The van der Waals surface area contributed by atoms with Gasteiger partial charge >= 0.3 is 13.5 Å². The van der Waals surface area contributed by atoms with E-state index in [1.807, 2.05) is 4.98 Å². The van der Waals surface area contributed by atoms with E-state index in [4.69, 9.17) is 14.5 Å². The van der Waals surface area contributed by atoms with Crippen molar-refractivity contribution in [1.82, 2.24) is 9.55 Å². The van der Waals surface area contributed by atoms with E-state index >= 15 is 0 Å². The van der Waals surface area contributed by atoms with Crippen LogP contribution in [0.5, 0.6) is 0 Å². The van der Waals surface area contributed by atoms with Crippen molar-refractivity contribution in [1.29, 1.82) is 0 Å². The van der Waals surface area contributed by atoms with E-state index < -0.39 is 50.2 Å². The summed E-state index contributed by atoms with van der Waals surface area (Å²) < 4.78 is 20.8. The van der Waals surface area contributed by atoms with Crippen LogP contribution in [0, 0.1) is 0 Å². The van der Waals surface area contributed by atoms with Gasteiger partial charge in [-0.25, -0.2) is 9.36 Å². The molecule has 5 N–H and O–H groups in total. The zero-order valence-corrected chi connectivity index (χ0v) is 11.3. The van der Waals surface area contributed by atoms with Crippen molar-refractivity contribution in [3.63, 3.8) is 0 Å². The Balaban J connectivity index is 2.18. The van der Waals surface area contributed by atoms with Crippen LogP contribution in [-0.2, 0) is 13.8 Å². The van der Waals surface area contributed by atoms with Crippen molar-refractivity contribution >= 4 is 7.82 Å². The van der Waals surface area contributed by atoms with E-state index in [-0.39, 0.29) is 0 Å². The fourth-order valence-electron chi connectivity index (χ4n) is 1.89. The molecule has 1 aromatic rings. The number of phosphoric ester groups is 1. The average Bonchev–Trinajstić information content (AvgIpc) is 2.64. The number of hydrogen-bond donors (Lipinski definition) is 5. The minimum Gasteiger partial charge on any atom is -0.387 e. The van der Waals surface area contributed by atoms with Gasteiger partial charge < -0.3 is 24.7 Å². The quantitative estimate of drug-likeness (QED) is 0.368. The third kappa shape index (κ3) is 3.66. The normalized spacial score (nSPS) is 29.7. The van der Waals surface area contributed by atoms with Crippen LogP contribution in [0.3, 0.4) is 0 Å². The van der Waals surface area contributed by atoms with Crippen molar-refractivity contribution in [2.24, 2.45) is 0 Å². The highest BCUT2D eigenvalue weighted by Gasteiger charge is 2.44. The first-order chi connectivity index (χ1) is 9.69. The molecule has 0 amide bonds. The van der Waals surface area contributed by atoms with Crippen LogP contribution in [-0.4, -0.2) is 54.5 Å². The third-order valence-corrected chi connectivity index (χ3v) is 3.35. The van der Waals surface area contributed by atoms with E-state index in [0.717, 1.165) is 16.8 Å². The lowest BCUT2D eigenvalue weighted by Gasteiger charge is -2.16. The van der Waals surface area contributed by atoms with Gasteiger partial charge in [0, 0.05) is 12.3 Å². The molecule has 0 spiro atoms. The molecule has 0 unspecified atom stereocenters. The SMILES string of the molecule is O=c1ccn([C@H]2O[C@@H](COP(=O)(O)O)[C@H](O)[C@@H]2O)c(=O)[nH]1. The van der Waals surface area contributed by atoms with Gasteiger partial charge in [-0.3, -0.25) is 18.9 Å². The number of nitrogens with one attached hydrogen (secondary N) is 1. The predicted octanol–water partition coefficient (Wildman–Crippen LogP) is -2.73. The third-order valence-electron chi connectivity index (χ3n) is 2.87. The summed E-state index contributed by atoms with van der Waals surface area (Å²) in [5.41, 5.74) is -1.51. The molecule has 1 aromatic heterocycles. The number of phosphoric acid groups is 1. The first kappa shape index (κ1) is 16.0. The summed E-state index contributed by atoms with van der Waals surface area (Å²) in [6.45, 7) is -0.683. The van der Waals surface area contributed by atoms with E-state index in [9.17, 15) is 24.4 Å². The number of ether oxygens (including phenoxy) is 1. The maximum atomic E-state index is 11.6. The summed E-state index contributed by atoms with van der Waals surface area (Å²) in [5, 5.41) is 19.6. The zero-order valence-electron chi connectivity index (χ0n) is 10.4. The number of aliphatic hydroxyl groups is 2. The lowest BCUT2D eigenvalue weighted by molar-refractivity contribution is -0.0543. The van der Waals surface area contributed by atoms with Gasteiger partial charge in [0.2, 0.25) is 0 Å². The summed E-state index contributed by atoms with van der Waals surface area (Å²) in [4.78, 5) is 41.6. The molecule has 2 rings (SSSR count). The molecule has 4 atom stereocenters. The minimum atomic E-state index is -4.76. The number of aromatic amines is 1. The highest BCUT2D eigenvalue weighted by Crippen LogP contribution is 2.38. The second-order valence-electron chi connectivity index (χ2n) is 4.35. The van der Waals surface area contributed by atoms with Gasteiger partial charge in [-0.05, 0) is 0 Å². The Labute approximate surface area is 116 Å². The molecule has 1 aliphatic heterocycles. The molecule has 0 aromatic carbocycles. The molecule has 11 nitrogen and oxygen atoms in total. The highest BCUT2D eigenvalue weighted by atomic mass is 31.2. The Bertz CT molecular complexity index is 664. The Morgan fingerprint density at radius 3 is 2.57 bits per heavy atom. The molecule has 0 aliphatic carbocycles. The Kier molecular flexibility index (Phi) is 4.44. The van der Waals surface area contributed by atoms with E-state index in [1.165, 1.54) is 0 Å². The van der Waals surface area contributed by atoms with E-state index in [1.54, 1.807) is 0 Å². The smallest absolute Gasteiger partial charge is 0.387 e. The number of rotatable bonds is 4. The van der Waals surface area contributed by atoms with Crippen LogP contribution in [0.25, 0.3) is 0 Å². The first-order valence-corrected chi connectivity index (χ1v) is 7.25. The predicted molar refractivity (Wildman–Crippen MR) is 65.2 cm³/mol. The monoisotopic (exact) mass is 324 g/mol. The van der Waals surface area contributed by atoms with Gasteiger partial charge in [-0.1, -0.05) is 0 Å². The molecule has 1 fully saturated rings. The van der Waals surface area contributed by atoms with Crippen LogP contribution >= 0.6 is 7.82 Å². The number of aromatic nitrogens is 2. The maximum Gasteiger partial charge on any atom is 0.469 e. The summed E-state index contributed by atoms with van der Waals surface area (Å²) in [6.07, 6.45) is -4.58. The molecular formula is C9H13N2O9P. The maximum absolute atomic E-state index is 11.6. The van der Waals surface area contributed by atoms with Crippen LogP contribution < -0.4 is 11.2 Å². The molecule has 1 aliphatic rings. The fourth-order valence-corrected chi connectivity index (χ4v) is 2.24. The standard InChI is InChI=1S/C9H13N2O9P/c12-5-1-2-11(9(15)10-5)8-7(14)6(13)4(20-8)3-19-21(16,17)18/h1-2,4,6-8,13-14H,3H2,(H,10,12,15)(H2,16,17,18)/t4-,6-,7-,8-/m0/s1. The lowest BCUT2D eigenvalue weighted by Crippen LogP contribution is -2.37. The molecule has 1 saturated heterocycles.